The number of amides is 3. The summed E-state index contributed by atoms with van der Waals surface area (Å²) in [5.41, 5.74) is 0.555. The number of nitrogens with zero attached hydrogens (tertiary/aromatic N) is 1. The first kappa shape index (κ1) is 22.3. The summed E-state index contributed by atoms with van der Waals surface area (Å²) in [6.07, 6.45) is 1.62. The van der Waals surface area contributed by atoms with E-state index < -0.39 is 0 Å². The molecule has 2 aliphatic rings. The van der Waals surface area contributed by atoms with Gasteiger partial charge in [-0.2, -0.15) is 0 Å². The van der Waals surface area contributed by atoms with E-state index in [1.54, 1.807) is 42.7 Å². The monoisotopic (exact) mass is 456 g/mol. The standard InChI is InChI=1S/C23H28N4O4S/c1-31-18-7-4-15(5-8-18)22(29)26-16-11-20-23(30)25-12-17(27(20)14-16)6-9-21(28)24-13-19-3-2-10-32-19/h2-5,7-8,10,16-17,20H,6,9,11-14H2,1H3,(H,24,28)(H,25,30)(H,26,29)/t16-,17+,20-/m0/s1. The fraction of sp³-hybridized carbons (Fsp3) is 0.435. The number of hydrogen-bond donors (Lipinski definition) is 3. The van der Waals surface area contributed by atoms with Crippen LogP contribution in [0.15, 0.2) is 41.8 Å². The Bertz CT molecular complexity index is 947. The molecule has 3 amide bonds. The minimum absolute atomic E-state index is 0.00963. The maximum absolute atomic E-state index is 12.6. The van der Waals surface area contributed by atoms with Crippen molar-refractivity contribution in [2.45, 2.75) is 43.9 Å². The van der Waals surface area contributed by atoms with Gasteiger partial charge in [0.1, 0.15) is 5.75 Å². The van der Waals surface area contributed by atoms with Gasteiger partial charge >= 0.3 is 0 Å². The van der Waals surface area contributed by atoms with Crippen molar-refractivity contribution in [2.75, 3.05) is 20.2 Å². The van der Waals surface area contributed by atoms with Gasteiger partial charge in [0.05, 0.1) is 19.7 Å². The number of nitrogens with one attached hydrogen (secondary N) is 3. The first-order valence-electron chi connectivity index (χ1n) is 10.8. The van der Waals surface area contributed by atoms with Crippen LogP contribution in [0.25, 0.3) is 0 Å². The summed E-state index contributed by atoms with van der Waals surface area (Å²) in [7, 11) is 1.58. The summed E-state index contributed by atoms with van der Waals surface area (Å²) in [4.78, 5) is 40.6. The molecule has 2 fully saturated rings. The zero-order chi connectivity index (χ0) is 22.5. The molecule has 1 aromatic heterocycles. The molecule has 0 spiro atoms. The molecule has 1 aromatic carbocycles. The smallest absolute Gasteiger partial charge is 0.251 e. The lowest BCUT2D eigenvalue weighted by Gasteiger charge is -2.37. The summed E-state index contributed by atoms with van der Waals surface area (Å²) >= 11 is 1.62. The molecule has 0 aliphatic carbocycles. The van der Waals surface area contributed by atoms with Crippen LogP contribution in [0.1, 0.15) is 34.5 Å². The van der Waals surface area contributed by atoms with Crippen molar-refractivity contribution in [2.24, 2.45) is 0 Å². The number of benzene rings is 1. The minimum Gasteiger partial charge on any atom is -0.497 e. The van der Waals surface area contributed by atoms with Gasteiger partial charge in [-0.3, -0.25) is 19.3 Å². The summed E-state index contributed by atoms with van der Waals surface area (Å²) < 4.78 is 5.13. The number of thiophene rings is 1. The molecule has 0 unspecified atom stereocenters. The van der Waals surface area contributed by atoms with Crippen molar-refractivity contribution in [3.8, 4) is 5.75 Å². The molecule has 8 nitrogen and oxygen atoms in total. The molecule has 0 radical (unpaired) electrons. The number of methoxy groups -OCH3 is 1. The Balaban J connectivity index is 1.29. The van der Waals surface area contributed by atoms with Crippen LogP contribution in [-0.2, 0) is 16.1 Å². The van der Waals surface area contributed by atoms with E-state index in [9.17, 15) is 14.4 Å². The average molecular weight is 457 g/mol. The number of fused-ring (bicyclic) bond motifs is 1. The van der Waals surface area contributed by atoms with Gasteiger partial charge in [-0.1, -0.05) is 6.07 Å². The van der Waals surface area contributed by atoms with Gasteiger partial charge in [-0.05, 0) is 48.6 Å². The lowest BCUT2D eigenvalue weighted by molar-refractivity contribution is -0.129. The second-order valence-corrected chi connectivity index (χ2v) is 9.17. The van der Waals surface area contributed by atoms with Gasteiger partial charge in [-0.25, -0.2) is 0 Å². The molecule has 4 rings (SSSR count). The summed E-state index contributed by atoms with van der Waals surface area (Å²) in [6, 6.07) is 10.6. The highest BCUT2D eigenvalue weighted by Crippen LogP contribution is 2.26. The van der Waals surface area contributed by atoms with Crippen molar-refractivity contribution >= 4 is 29.1 Å². The molecule has 2 aromatic rings. The Kier molecular flexibility index (Phi) is 7.06. The summed E-state index contributed by atoms with van der Waals surface area (Å²) in [5.74, 6) is 0.529. The van der Waals surface area contributed by atoms with E-state index >= 15 is 0 Å². The SMILES string of the molecule is COc1ccc(C(=O)N[C@H]2C[C@H]3C(=O)NC[C@@H](CCC(=O)NCc4cccs4)N3C2)cc1. The second-order valence-electron chi connectivity index (χ2n) is 8.14. The maximum atomic E-state index is 12.6. The predicted octanol–water partition coefficient (Wildman–Crippen LogP) is 1.52. The number of rotatable bonds is 8. The lowest BCUT2D eigenvalue weighted by atomic mass is 10.0. The Morgan fingerprint density at radius 1 is 1.25 bits per heavy atom. The van der Waals surface area contributed by atoms with Gasteiger partial charge in [0.15, 0.2) is 0 Å². The molecule has 3 N–H and O–H groups in total. The maximum Gasteiger partial charge on any atom is 0.251 e. The van der Waals surface area contributed by atoms with Crippen LogP contribution < -0.4 is 20.7 Å². The van der Waals surface area contributed by atoms with Crippen LogP contribution in [0, 0.1) is 0 Å². The molecular formula is C23H28N4O4S. The van der Waals surface area contributed by atoms with Gasteiger partial charge < -0.3 is 20.7 Å². The quantitative estimate of drug-likeness (QED) is 0.559. The van der Waals surface area contributed by atoms with E-state index in [1.165, 1.54) is 0 Å². The predicted molar refractivity (Wildman–Crippen MR) is 122 cm³/mol. The third-order valence-corrected chi connectivity index (χ3v) is 6.93. The fourth-order valence-electron chi connectivity index (χ4n) is 4.34. The Labute approximate surface area is 191 Å². The third kappa shape index (κ3) is 5.28. The fourth-order valence-corrected chi connectivity index (χ4v) is 4.99. The van der Waals surface area contributed by atoms with Crippen LogP contribution >= 0.6 is 11.3 Å². The van der Waals surface area contributed by atoms with Crippen molar-refractivity contribution in [1.29, 1.82) is 0 Å². The zero-order valence-corrected chi connectivity index (χ0v) is 18.8. The van der Waals surface area contributed by atoms with Crippen molar-refractivity contribution in [3.63, 3.8) is 0 Å². The number of piperazine rings is 1. The van der Waals surface area contributed by atoms with Gasteiger partial charge in [0.2, 0.25) is 11.8 Å². The molecule has 3 heterocycles. The molecular weight excluding hydrogens is 428 g/mol. The highest BCUT2D eigenvalue weighted by atomic mass is 32.1. The van der Waals surface area contributed by atoms with Crippen molar-refractivity contribution < 1.29 is 19.1 Å². The highest BCUT2D eigenvalue weighted by molar-refractivity contribution is 7.09. The zero-order valence-electron chi connectivity index (χ0n) is 18.0. The Morgan fingerprint density at radius 2 is 2.06 bits per heavy atom. The van der Waals surface area contributed by atoms with Crippen LogP contribution in [0.5, 0.6) is 5.75 Å². The molecule has 170 valence electrons. The molecule has 2 saturated heterocycles. The lowest BCUT2D eigenvalue weighted by Crippen LogP contribution is -2.58. The average Bonchev–Trinajstić information content (AvgIpc) is 3.48. The molecule has 3 atom stereocenters. The van der Waals surface area contributed by atoms with E-state index in [2.05, 4.69) is 20.9 Å². The molecule has 0 saturated carbocycles. The topological polar surface area (TPSA) is 99.8 Å². The summed E-state index contributed by atoms with van der Waals surface area (Å²) in [6.45, 7) is 1.66. The number of hydrogen-bond acceptors (Lipinski definition) is 6. The molecule has 9 heteroatoms. The van der Waals surface area contributed by atoms with Crippen molar-refractivity contribution in [3.05, 3.63) is 52.2 Å². The molecule has 2 aliphatic heterocycles. The van der Waals surface area contributed by atoms with Crippen LogP contribution in [-0.4, -0.2) is 60.9 Å². The third-order valence-electron chi connectivity index (χ3n) is 6.05. The highest BCUT2D eigenvalue weighted by Gasteiger charge is 2.43. The van der Waals surface area contributed by atoms with Gasteiger partial charge in [-0.15, -0.1) is 11.3 Å². The van der Waals surface area contributed by atoms with Crippen LogP contribution in [0.4, 0.5) is 0 Å². The molecule has 32 heavy (non-hydrogen) atoms. The second kappa shape index (κ2) is 10.1. The van der Waals surface area contributed by atoms with Crippen LogP contribution in [0.2, 0.25) is 0 Å². The molecule has 0 bridgehead atoms. The van der Waals surface area contributed by atoms with E-state index in [1.807, 2.05) is 17.5 Å². The number of carbonyl (C=O) groups excluding carboxylic acids is 3. The van der Waals surface area contributed by atoms with Crippen LogP contribution in [0.3, 0.4) is 0 Å². The summed E-state index contributed by atoms with van der Waals surface area (Å²) in [5, 5.41) is 11.0. The van der Waals surface area contributed by atoms with E-state index in [0.717, 1.165) is 4.88 Å². The first-order valence-corrected chi connectivity index (χ1v) is 11.7. The minimum atomic E-state index is -0.274. The van der Waals surface area contributed by atoms with E-state index in [0.29, 0.717) is 50.2 Å². The first-order chi connectivity index (χ1) is 15.5. The normalized spacial score (nSPS) is 22.7. The Morgan fingerprint density at radius 3 is 2.78 bits per heavy atom. The van der Waals surface area contributed by atoms with Crippen molar-refractivity contribution in [1.82, 2.24) is 20.9 Å². The van der Waals surface area contributed by atoms with E-state index in [4.69, 9.17) is 4.74 Å². The largest absolute Gasteiger partial charge is 0.497 e. The number of ether oxygens (including phenoxy) is 1. The number of carbonyl (C=O) groups is 3. The Hall–Kier alpha value is -2.91. The van der Waals surface area contributed by atoms with Gasteiger partial charge in [0.25, 0.3) is 5.91 Å². The van der Waals surface area contributed by atoms with Gasteiger partial charge in [0, 0.05) is 42.0 Å². The van der Waals surface area contributed by atoms with E-state index in [-0.39, 0.29) is 35.8 Å².